The van der Waals surface area contributed by atoms with Gasteiger partial charge in [0.1, 0.15) is 25.5 Å². The lowest BCUT2D eigenvalue weighted by atomic mass is 10.4. The van der Waals surface area contributed by atoms with E-state index in [9.17, 15) is 0 Å². The molecule has 0 aliphatic carbocycles. The summed E-state index contributed by atoms with van der Waals surface area (Å²) in [5.74, 6) is 0. The molecule has 0 amide bonds. The topological polar surface area (TPSA) is 29.0 Å². The molecular formula is C10H17N2O+. The van der Waals surface area contributed by atoms with Crippen LogP contribution < -0.4 is 4.57 Å². The molecule has 13 heavy (non-hydrogen) atoms. The van der Waals surface area contributed by atoms with Crippen LogP contribution in [0, 0.1) is 0 Å². The molecule has 0 atom stereocenters. The number of hydrogen-bond acceptors (Lipinski definition) is 1. The van der Waals surface area contributed by atoms with Crippen LogP contribution in [0.2, 0.25) is 0 Å². The minimum Gasteiger partial charge on any atom is -0.392 e. The zero-order chi connectivity index (χ0) is 9.52. The normalized spacial score (nSPS) is 11.2. The van der Waals surface area contributed by atoms with Crippen molar-refractivity contribution in [1.29, 1.82) is 0 Å². The number of aliphatic hydroxyl groups is 1. The van der Waals surface area contributed by atoms with Crippen LogP contribution >= 0.6 is 0 Å². The quantitative estimate of drug-likeness (QED) is 0.526. The van der Waals surface area contributed by atoms with Gasteiger partial charge in [0, 0.05) is 0 Å². The van der Waals surface area contributed by atoms with E-state index in [0.717, 1.165) is 13.0 Å². The van der Waals surface area contributed by atoms with E-state index in [0.29, 0.717) is 6.54 Å². The molecule has 0 bridgehead atoms. The third-order valence-corrected chi connectivity index (χ3v) is 1.82. The largest absolute Gasteiger partial charge is 0.392 e. The number of rotatable bonds is 5. The van der Waals surface area contributed by atoms with Gasteiger partial charge < -0.3 is 5.11 Å². The highest BCUT2D eigenvalue weighted by atomic mass is 16.3. The summed E-state index contributed by atoms with van der Waals surface area (Å²) < 4.78 is 4.06. The molecule has 1 N–H and O–H groups in total. The fraction of sp³-hybridized carbons (Fsp3) is 0.500. The van der Waals surface area contributed by atoms with Crippen molar-refractivity contribution in [2.45, 2.75) is 26.4 Å². The van der Waals surface area contributed by atoms with Gasteiger partial charge in [-0.1, -0.05) is 13.0 Å². The molecule has 0 saturated carbocycles. The predicted molar refractivity (Wildman–Crippen MR) is 51.1 cm³/mol. The number of hydrogen-bond donors (Lipinski definition) is 1. The van der Waals surface area contributed by atoms with Crippen LogP contribution in [0.4, 0.5) is 0 Å². The standard InChI is InChI=1S/C10H17N2O/c1-2-3-4-5-11-6-7-12(10-11)8-9-13/h3-4,6-7,10,13H,2,5,8-9H2,1H3/q+1. The predicted octanol–water partition coefficient (Wildman–Crippen LogP) is 0.734. The molecule has 0 radical (unpaired) electrons. The first-order valence-corrected chi connectivity index (χ1v) is 4.67. The Hall–Kier alpha value is -1.09. The summed E-state index contributed by atoms with van der Waals surface area (Å²) in [5.41, 5.74) is 0. The van der Waals surface area contributed by atoms with Crippen molar-refractivity contribution in [1.82, 2.24) is 4.57 Å². The molecule has 0 fully saturated rings. The van der Waals surface area contributed by atoms with Gasteiger partial charge in [-0.2, -0.15) is 0 Å². The van der Waals surface area contributed by atoms with Gasteiger partial charge in [0.15, 0.2) is 0 Å². The Morgan fingerprint density at radius 3 is 3.00 bits per heavy atom. The Balaban J connectivity index is 2.44. The summed E-state index contributed by atoms with van der Waals surface area (Å²) in [6.07, 6.45) is 11.3. The van der Waals surface area contributed by atoms with Crippen LogP contribution in [0.25, 0.3) is 0 Å². The Bertz CT molecular complexity index is 266. The number of nitrogens with zero attached hydrogens (tertiary/aromatic N) is 2. The number of aliphatic hydroxyl groups excluding tert-OH is 1. The first-order valence-electron chi connectivity index (χ1n) is 4.67. The fourth-order valence-electron chi connectivity index (χ4n) is 1.16. The van der Waals surface area contributed by atoms with Crippen LogP contribution in [-0.2, 0) is 13.1 Å². The number of imidazole rings is 1. The molecule has 3 heteroatoms. The summed E-state index contributed by atoms with van der Waals surface area (Å²) in [6, 6.07) is 0. The van der Waals surface area contributed by atoms with E-state index in [-0.39, 0.29) is 6.61 Å². The zero-order valence-electron chi connectivity index (χ0n) is 8.06. The van der Waals surface area contributed by atoms with Gasteiger partial charge in [0.05, 0.1) is 6.61 Å². The van der Waals surface area contributed by atoms with Crippen molar-refractivity contribution in [3.8, 4) is 0 Å². The van der Waals surface area contributed by atoms with Crippen molar-refractivity contribution in [3.05, 3.63) is 30.9 Å². The molecule has 3 nitrogen and oxygen atoms in total. The molecule has 1 aromatic heterocycles. The minimum atomic E-state index is 0.194. The van der Waals surface area contributed by atoms with E-state index in [4.69, 9.17) is 5.11 Å². The van der Waals surface area contributed by atoms with E-state index >= 15 is 0 Å². The molecule has 0 saturated heterocycles. The summed E-state index contributed by atoms with van der Waals surface area (Å²) in [5, 5.41) is 8.70. The lowest BCUT2D eigenvalue weighted by molar-refractivity contribution is -0.686. The molecule has 0 spiro atoms. The average molecular weight is 181 g/mol. The maximum absolute atomic E-state index is 8.70. The van der Waals surface area contributed by atoms with Crippen LogP contribution in [0.3, 0.4) is 0 Å². The molecule has 0 unspecified atom stereocenters. The highest BCUT2D eigenvalue weighted by molar-refractivity contribution is 4.77. The lowest BCUT2D eigenvalue weighted by Gasteiger charge is -1.89. The van der Waals surface area contributed by atoms with E-state index < -0.39 is 0 Å². The number of allylic oxidation sites excluding steroid dienone is 2. The fourth-order valence-corrected chi connectivity index (χ4v) is 1.16. The van der Waals surface area contributed by atoms with Crippen molar-refractivity contribution >= 4 is 0 Å². The van der Waals surface area contributed by atoms with Crippen molar-refractivity contribution in [2.24, 2.45) is 0 Å². The monoisotopic (exact) mass is 181 g/mol. The molecule has 72 valence electrons. The van der Waals surface area contributed by atoms with Crippen LogP contribution in [0.5, 0.6) is 0 Å². The first kappa shape index (κ1) is 9.99. The summed E-state index contributed by atoms with van der Waals surface area (Å²) in [7, 11) is 0. The highest BCUT2D eigenvalue weighted by Gasteiger charge is 1.99. The highest BCUT2D eigenvalue weighted by Crippen LogP contribution is 1.85. The molecule has 0 aromatic carbocycles. The van der Waals surface area contributed by atoms with Gasteiger partial charge in [-0.15, -0.1) is 0 Å². The van der Waals surface area contributed by atoms with Gasteiger partial charge in [-0.05, 0) is 12.5 Å². The summed E-state index contributed by atoms with van der Waals surface area (Å²) >= 11 is 0. The minimum absolute atomic E-state index is 0.194. The Morgan fingerprint density at radius 2 is 2.31 bits per heavy atom. The number of aromatic nitrogens is 2. The first-order chi connectivity index (χ1) is 6.36. The second kappa shape index (κ2) is 5.54. The van der Waals surface area contributed by atoms with Gasteiger partial charge in [-0.25, -0.2) is 9.13 Å². The Labute approximate surface area is 78.9 Å². The van der Waals surface area contributed by atoms with Crippen molar-refractivity contribution in [3.63, 3.8) is 0 Å². The summed E-state index contributed by atoms with van der Waals surface area (Å²) in [6.45, 7) is 3.90. The maximum atomic E-state index is 8.70. The van der Waals surface area contributed by atoms with E-state index in [2.05, 4.69) is 23.6 Å². The van der Waals surface area contributed by atoms with Crippen LogP contribution in [0.15, 0.2) is 30.9 Å². The second-order valence-electron chi connectivity index (χ2n) is 2.95. The Kier molecular flexibility index (Phi) is 4.26. The van der Waals surface area contributed by atoms with Crippen molar-refractivity contribution < 1.29 is 9.67 Å². The average Bonchev–Trinajstić information content (AvgIpc) is 2.54. The van der Waals surface area contributed by atoms with Gasteiger partial charge in [0.2, 0.25) is 6.33 Å². The zero-order valence-corrected chi connectivity index (χ0v) is 8.06. The van der Waals surface area contributed by atoms with Gasteiger partial charge >= 0.3 is 0 Å². The van der Waals surface area contributed by atoms with Gasteiger partial charge in [0.25, 0.3) is 0 Å². The maximum Gasteiger partial charge on any atom is 0.244 e. The van der Waals surface area contributed by atoms with E-state index in [1.807, 2.05) is 23.3 Å². The SMILES string of the molecule is CCC=CC[n+]1ccn(CCO)c1. The molecule has 1 aromatic rings. The lowest BCUT2D eigenvalue weighted by Crippen LogP contribution is -2.29. The molecular weight excluding hydrogens is 164 g/mol. The molecule has 1 heterocycles. The summed E-state index contributed by atoms with van der Waals surface area (Å²) in [4.78, 5) is 0. The molecule has 1 rings (SSSR count). The third-order valence-electron chi connectivity index (χ3n) is 1.82. The third kappa shape index (κ3) is 3.42. The second-order valence-corrected chi connectivity index (χ2v) is 2.95. The van der Waals surface area contributed by atoms with Gasteiger partial charge in [-0.3, -0.25) is 0 Å². The van der Waals surface area contributed by atoms with E-state index in [1.54, 1.807) is 0 Å². The van der Waals surface area contributed by atoms with Crippen LogP contribution in [-0.4, -0.2) is 16.3 Å². The van der Waals surface area contributed by atoms with Crippen LogP contribution in [0.1, 0.15) is 13.3 Å². The smallest absolute Gasteiger partial charge is 0.244 e. The molecule has 0 aliphatic heterocycles. The van der Waals surface area contributed by atoms with E-state index in [1.165, 1.54) is 0 Å². The Morgan fingerprint density at radius 1 is 1.46 bits per heavy atom. The van der Waals surface area contributed by atoms with Crippen molar-refractivity contribution in [2.75, 3.05) is 6.61 Å². The molecule has 0 aliphatic rings.